The molecular weight excluding hydrogens is 314 g/mol. The number of anilines is 1. The molecule has 1 unspecified atom stereocenters. The number of hydrogen-bond acceptors (Lipinski definition) is 3. The lowest BCUT2D eigenvalue weighted by Crippen LogP contribution is -2.36. The predicted octanol–water partition coefficient (Wildman–Crippen LogP) is 2.82. The molecule has 0 spiro atoms. The van der Waals surface area contributed by atoms with Gasteiger partial charge in [0.15, 0.2) is 0 Å². The molecular formula is C19H27N5O. The van der Waals surface area contributed by atoms with Gasteiger partial charge in [-0.2, -0.15) is 5.10 Å². The Kier molecular flexibility index (Phi) is 5.71. The van der Waals surface area contributed by atoms with E-state index in [1.54, 1.807) is 10.9 Å². The topological polar surface area (TPSA) is 62.2 Å². The molecule has 0 radical (unpaired) electrons. The molecule has 2 N–H and O–H groups in total. The number of hydrogen-bond donors (Lipinski definition) is 2. The van der Waals surface area contributed by atoms with Crippen molar-refractivity contribution in [1.82, 2.24) is 20.0 Å². The second-order valence-corrected chi connectivity index (χ2v) is 6.61. The minimum atomic E-state index is -0.176. The number of aryl methyl sites for hydroxylation is 2. The first-order chi connectivity index (χ1) is 12.2. The number of benzene rings is 1. The fourth-order valence-electron chi connectivity index (χ4n) is 3.44. The highest BCUT2D eigenvalue weighted by atomic mass is 16.2. The van der Waals surface area contributed by atoms with Gasteiger partial charge in [-0.05, 0) is 43.9 Å². The van der Waals surface area contributed by atoms with Crippen molar-refractivity contribution in [2.24, 2.45) is 0 Å². The van der Waals surface area contributed by atoms with E-state index in [9.17, 15) is 4.79 Å². The lowest BCUT2D eigenvalue weighted by atomic mass is 9.94. The Hall–Kier alpha value is -2.34. The maximum Gasteiger partial charge on any atom is 0.319 e. The molecule has 1 aliphatic rings. The van der Waals surface area contributed by atoms with Gasteiger partial charge >= 0.3 is 6.03 Å². The molecule has 2 amide bonds. The van der Waals surface area contributed by atoms with Crippen molar-refractivity contribution in [3.63, 3.8) is 0 Å². The van der Waals surface area contributed by atoms with Crippen molar-refractivity contribution in [1.29, 1.82) is 0 Å². The Morgan fingerprint density at radius 1 is 1.36 bits per heavy atom. The molecule has 0 saturated carbocycles. The summed E-state index contributed by atoms with van der Waals surface area (Å²) >= 11 is 0. The summed E-state index contributed by atoms with van der Waals surface area (Å²) in [6.07, 6.45) is 4.68. The van der Waals surface area contributed by atoms with Crippen LogP contribution < -0.4 is 10.6 Å². The fraction of sp³-hybridized carbons (Fsp3) is 0.474. The van der Waals surface area contributed by atoms with Crippen molar-refractivity contribution in [2.45, 2.75) is 32.7 Å². The minimum Gasteiger partial charge on any atom is -0.337 e. The van der Waals surface area contributed by atoms with Crippen LogP contribution in [0.5, 0.6) is 0 Å². The maximum absolute atomic E-state index is 11.9. The van der Waals surface area contributed by atoms with E-state index in [0.29, 0.717) is 12.5 Å². The standard InChI is InChI=1S/C19H27N5O/c1-3-24-14-17(12-21-24)22-19(25)20-9-11-23-10-8-16(13-23)18-7-5-4-6-15(18)2/h4-7,12,14,16H,3,8-11,13H2,1-2H3,(H2,20,22,25). The largest absolute Gasteiger partial charge is 0.337 e. The van der Waals surface area contributed by atoms with E-state index >= 15 is 0 Å². The van der Waals surface area contributed by atoms with Crippen LogP contribution in [0.3, 0.4) is 0 Å². The second-order valence-electron chi connectivity index (χ2n) is 6.61. The van der Waals surface area contributed by atoms with E-state index in [2.05, 4.69) is 51.8 Å². The van der Waals surface area contributed by atoms with Crippen LogP contribution in [-0.4, -0.2) is 46.9 Å². The van der Waals surface area contributed by atoms with Crippen LogP contribution in [0.1, 0.15) is 30.4 Å². The molecule has 0 aliphatic carbocycles. The molecule has 0 bridgehead atoms. The van der Waals surface area contributed by atoms with Gasteiger partial charge in [-0.3, -0.25) is 4.68 Å². The number of urea groups is 1. The average molecular weight is 341 g/mol. The number of carbonyl (C=O) groups is 1. The Morgan fingerprint density at radius 3 is 2.96 bits per heavy atom. The molecule has 1 aromatic carbocycles. The van der Waals surface area contributed by atoms with Gasteiger partial charge in [0.1, 0.15) is 0 Å². The van der Waals surface area contributed by atoms with E-state index in [1.807, 2.05) is 13.1 Å². The predicted molar refractivity (Wildman–Crippen MR) is 99.9 cm³/mol. The number of aromatic nitrogens is 2. The van der Waals surface area contributed by atoms with Crippen LogP contribution in [0, 0.1) is 6.92 Å². The monoisotopic (exact) mass is 341 g/mol. The van der Waals surface area contributed by atoms with Gasteiger partial charge in [-0.25, -0.2) is 4.79 Å². The normalized spacial score (nSPS) is 17.6. The van der Waals surface area contributed by atoms with E-state index in [-0.39, 0.29) is 6.03 Å². The molecule has 134 valence electrons. The molecule has 1 aliphatic heterocycles. The number of likely N-dealkylation sites (tertiary alicyclic amines) is 1. The molecule has 1 atom stereocenters. The van der Waals surface area contributed by atoms with E-state index in [0.717, 1.165) is 31.9 Å². The third kappa shape index (κ3) is 4.60. The highest BCUT2D eigenvalue weighted by molar-refractivity contribution is 5.88. The van der Waals surface area contributed by atoms with Crippen molar-refractivity contribution in [2.75, 3.05) is 31.5 Å². The fourth-order valence-corrected chi connectivity index (χ4v) is 3.44. The summed E-state index contributed by atoms with van der Waals surface area (Å²) in [5, 5.41) is 9.88. The number of rotatable bonds is 6. The van der Waals surface area contributed by atoms with Gasteiger partial charge in [0.05, 0.1) is 11.9 Å². The molecule has 6 nitrogen and oxygen atoms in total. The number of carbonyl (C=O) groups excluding carboxylic acids is 1. The lowest BCUT2D eigenvalue weighted by molar-refractivity contribution is 0.249. The summed E-state index contributed by atoms with van der Waals surface area (Å²) in [5.41, 5.74) is 3.56. The van der Waals surface area contributed by atoms with E-state index < -0.39 is 0 Å². The Labute approximate surface area is 149 Å². The molecule has 2 aromatic rings. The highest BCUT2D eigenvalue weighted by Crippen LogP contribution is 2.28. The van der Waals surface area contributed by atoms with E-state index in [1.165, 1.54) is 17.5 Å². The lowest BCUT2D eigenvalue weighted by Gasteiger charge is -2.17. The quantitative estimate of drug-likeness (QED) is 0.849. The van der Waals surface area contributed by atoms with Crippen LogP contribution in [0.25, 0.3) is 0 Å². The number of nitrogens with zero attached hydrogens (tertiary/aromatic N) is 3. The molecule has 3 rings (SSSR count). The Morgan fingerprint density at radius 2 is 2.20 bits per heavy atom. The number of nitrogens with one attached hydrogen (secondary N) is 2. The molecule has 1 aromatic heterocycles. The van der Waals surface area contributed by atoms with Crippen LogP contribution in [0.4, 0.5) is 10.5 Å². The van der Waals surface area contributed by atoms with Gasteiger partial charge in [0.25, 0.3) is 0 Å². The van der Waals surface area contributed by atoms with Crippen LogP contribution >= 0.6 is 0 Å². The number of amides is 2. The summed E-state index contributed by atoms with van der Waals surface area (Å²) in [7, 11) is 0. The summed E-state index contributed by atoms with van der Waals surface area (Å²) in [5.74, 6) is 0.606. The molecule has 1 saturated heterocycles. The Balaban J connectivity index is 1.39. The first-order valence-corrected chi connectivity index (χ1v) is 9.01. The van der Waals surface area contributed by atoms with Crippen molar-refractivity contribution in [3.05, 3.63) is 47.8 Å². The van der Waals surface area contributed by atoms with E-state index in [4.69, 9.17) is 0 Å². The third-order valence-corrected chi connectivity index (χ3v) is 4.83. The third-order valence-electron chi connectivity index (χ3n) is 4.83. The van der Waals surface area contributed by atoms with Crippen molar-refractivity contribution in [3.8, 4) is 0 Å². The van der Waals surface area contributed by atoms with Gasteiger partial charge in [0, 0.05) is 32.4 Å². The van der Waals surface area contributed by atoms with Crippen molar-refractivity contribution < 1.29 is 4.79 Å². The zero-order valence-corrected chi connectivity index (χ0v) is 15.0. The zero-order chi connectivity index (χ0) is 17.6. The van der Waals surface area contributed by atoms with Crippen molar-refractivity contribution >= 4 is 11.7 Å². The van der Waals surface area contributed by atoms with Gasteiger partial charge in [0.2, 0.25) is 0 Å². The summed E-state index contributed by atoms with van der Waals surface area (Å²) in [4.78, 5) is 14.4. The minimum absolute atomic E-state index is 0.176. The van der Waals surface area contributed by atoms with Gasteiger partial charge in [-0.1, -0.05) is 24.3 Å². The molecule has 1 fully saturated rings. The first kappa shape index (κ1) is 17.5. The summed E-state index contributed by atoms with van der Waals surface area (Å²) in [6, 6.07) is 8.47. The van der Waals surface area contributed by atoms with Crippen LogP contribution in [0.2, 0.25) is 0 Å². The second kappa shape index (κ2) is 8.16. The van der Waals surface area contributed by atoms with Crippen LogP contribution in [-0.2, 0) is 6.54 Å². The zero-order valence-electron chi connectivity index (χ0n) is 15.0. The molecule has 6 heteroatoms. The summed E-state index contributed by atoms with van der Waals surface area (Å²) < 4.78 is 1.78. The van der Waals surface area contributed by atoms with Crippen LogP contribution in [0.15, 0.2) is 36.7 Å². The SMILES string of the molecule is CCn1cc(NC(=O)NCCN2CCC(c3ccccc3C)C2)cn1. The molecule has 2 heterocycles. The maximum atomic E-state index is 11.9. The Bertz CT molecular complexity index is 711. The smallest absolute Gasteiger partial charge is 0.319 e. The van der Waals surface area contributed by atoms with Gasteiger partial charge in [-0.15, -0.1) is 0 Å². The highest BCUT2D eigenvalue weighted by Gasteiger charge is 2.24. The summed E-state index contributed by atoms with van der Waals surface area (Å²) in [6.45, 7) is 8.67. The first-order valence-electron chi connectivity index (χ1n) is 9.01. The van der Waals surface area contributed by atoms with Gasteiger partial charge < -0.3 is 15.5 Å². The molecule has 25 heavy (non-hydrogen) atoms. The average Bonchev–Trinajstić information content (AvgIpc) is 3.25.